The number of aromatic nitrogens is 1. The van der Waals surface area contributed by atoms with E-state index in [1.807, 2.05) is 18.3 Å². The van der Waals surface area contributed by atoms with Gasteiger partial charge in [-0.3, -0.25) is 4.98 Å². The molecule has 16 heavy (non-hydrogen) atoms. The van der Waals surface area contributed by atoms with Crippen LogP contribution in [0.2, 0.25) is 0 Å². The van der Waals surface area contributed by atoms with Gasteiger partial charge in [-0.2, -0.15) is 0 Å². The molecule has 1 heterocycles. The number of hydrogen-bond donors (Lipinski definition) is 0. The molecule has 0 saturated carbocycles. The first-order valence-corrected chi connectivity index (χ1v) is 5.71. The van der Waals surface area contributed by atoms with Crippen LogP contribution in [0.1, 0.15) is 30.9 Å². The molecule has 2 aromatic rings. The van der Waals surface area contributed by atoms with Crippen LogP contribution in [0.5, 0.6) is 0 Å². The van der Waals surface area contributed by atoms with Crippen LogP contribution in [-0.4, -0.2) is 4.98 Å². The normalized spacial score (nSPS) is 10.8. The van der Waals surface area contributed by atoms with Gasteiger partial charge >= 0.3 is 0 Å². The maximum absolute atomic E-state index is 4.45. The van der Waals surface area contributed by atoms with Gasteiger partial charge in [0, 0.05) is 11.8 Å². The molecule has 1 aromatic heterocycles. The number of nitrogens with zero attached hydrogens (tertiary/aromatic N) is 1. The zero-order valence-electron chi connectivity index (χ0n) is 10.1. The van der Waals surface area contributed by atoms with Crippen molar-refractivity contribution in [2.24, 2.45) is 0 Å². The Morgan fingerprint density at radius 2 is 1.81 bits per heavy atom. The maximum Gasteiger partial charge on any atom is 0.0707 e. The lowest BCUT2D eigenvalue weighted by Crippen LogP contribution is -1.96. The molecular formula is C15H17N. The third-order valence-electron chi connectivity index (χ3n) is 2.85. The standard InChI is InChI=1S/C15H17N/c1-11(2)13-8-6-7-12(3)15(13)14-9-4-5-10-16-14/h4-11H,1-3H3. The minimum Gasteiger partial charge on any atom is -0.256 e. The van der Waals surface area contributed by atoms with E-state index in [4.69, 9.17) is 0 Å². The Balaban J connectivity index is 2.64. The molecule has 0 radical (unpaired) electrons. The van der Waals surface area contributed by atoms with Gasteiger partial charge in [-0.25, -0.2) is 0 Å². The van der Waals surface area contributed by atoms with Crippen LogP contribution >= 0.6 is 0 Å². The lowest BCUT2D eigenvalue weighted by atomic mass is 9.92. The molecule has 1 heteroatoms. The van der Waals surface area contributed by atoms with E-state index >= 15 is 0 Å². The number of pyridine rings is 1. The van der Waals surface area contributed by atoms with Gasteiger partial charge in [0.2, 0.25) is 0 Å². The minimum atomic E-state index is 0.525. The number of hydrogen-bond acceptors (Lipinski definition) is 1. The third kappa shape index (κ3) is 1.99. The Morgan fingerprint density at radius 1 is 1.00 bits per heavy atom. The molecule has 82 valence electrons. The highest BCUT2D eigenvalue weighted by Gasteiger charge is 2.11. The average Bonchev–Trinajstić information content (AvgIpc) is 2.29. The van der Waals surface area contributed by atoms with Crippen LogP contribution in [0.25, 0.3) is 11.3 Å². The summed E-state index contributed by atoms with van der Waals surface area (Å²) < 4.78 is 0. The fourth-order valence-electron chi connectivity index (χ4n) is 2.03. The predicted octanol–water partition coefficient (Wildman–Crippen LogP) is 4.18. The molecule has 0 aliphatic rings. The molecule has 0 N–H and O–H groups in total. The van der Waals surface area contributed by atoms with Gasteiger partial charge in [-0.05, 0) is 36.1 Å². The fraction of sp³-hybridized carbons (Fsp3) is 0.267. The van der Waals surface area contributed by atoms with E-state index in [0.717, 1.165) is 5.69 Å². The van der Waals surface area contributed by atoms with Gasteiger partial charge in [0.1, 0.15) is 0 Å². The van der Waals surface area contributed by atoms with Crippen LogP contribution in [0, 0.1) is 6.92 Å². The summed E-state index contributed by atoms with van der Waals surface area (Å²) >= 11 is 0. The van der Waals surface area contributed by atoms with E-state index < -0.39 is 0 Å². The van der Waals surface area contributed by atoms with Crippen molar-refractivity contribution in [1.82, 2.24) is 4.98 Å². The van der Waals surface area contributed by atoms with E-state index in [1.54, 1.807) is 0 Å². The van der Waals surface area contributed by atoms with Crippen molar-refractivity contribution in [1.29, 1.82) is 0 Å². The average molecular weight is 211 g/mol. The molecule has 0 saturated heterocycles. The molecule has 0 unspecified atom stereocenters. The molecule has 0 spiro atoms. The van der Waals surface area contributed by atoms with Crippen LogP contribution in [0.4, 0.5) is 0 Å². The second-order valence-corrected chi connectivity index (χ2v) is 4.41. The summed E-state index contributed by atoms with van der Waals surface area (Å²) in [6.07, 6.45) is 1.85. The molecule has 2 rings (SSSR count). The van der Waals surface area contributed by atoms with Crippen LogP contribution in [-0.2, 0) is 0 Å². The van der Waals surface area contributed by atoms with Gasteiger partial charge in [0.25, 0.3) is 0 Å². The highest BCUT2D eigenvalue weighted by atomic mass is 14.7. The van der Waals surface area contributed by atoms with Crippen molar-refractivity contribution >= 4 is 0 Å². The van der Waals surface area contributed by atoms with Gasteiger partial charge in [-0.1, -0.05) is 38.1 Å². The molecule has 0 amide bonds. The summed E-state index contributed by atoms with van der Waals surface area (Å²) in [5.74, 6) is 0.525. The highest BCUT2D eigenvalue weighted by Crippen LogP contribution is 2.30. The Kier molecular flexibility index (Phi) is 3.04. The summed E-state index contributed by atoms with van der Waals surface area (Å²) in [7, 11) is 0. The SMILES string of the molecule is Cc1cccc(C(C)C)c1-c1ccccn1. The first-order valence-electron chi connectivity index (χ1n) is 5.71. The van der Waals surface area contributed by atoms with Crippen molar-refractivity contribution in [2.45, 2.75) is 26.7 Å². The first kappa shape index (κ1) is 10.9. The van der Waals surface area contributed by atoms with E-state index in [1.165, 1.54) is 16.7 Å². The molecule has 0 atom stereocenters. The number of rotatable bonds is 2. The second kappa shape index (κ2) is 4.48. The lowest BCUT2D eigenvalue weighted by molar-refractivity contribution is 0.866. The van der Waals surface area contributed by atoms with Gasteiger partial charge in [0.05, 0.1) is 5.69 Å². The smallest absolute Gasteiger partial charge is 0.0707 e. The number of aryl methyl sites for hydroxylation is 1. The molecule has 0 bridgehead atoms. The van der Waals surface area contributed by atoms with Gasteiger partial charge < -0.3 is 0 Å². The maximum atomic E-state index is 4.45. The highest BCUT2D eigenvalue weighted by molar-refractivity contribution is 5.68. The van der Waals surface area contributed by atoms with E-state index in [-0.39, 0.29) is 0 Å². The Hall–Kier alpha value is -1.63. The Morgan fingerprint density at radius 3 is 2.44 bits per heavy atom. The minimum absolute atomic E-state index is 0.525. The molecule has 1 aromatic carbocycles. The molecule has 1 nitrogen and oxygen atoms in total. The predicted molar refractivity (Wildman–Crippen MR) is 68.5 cm³/mol. The molecule has 0 fully saturated rings. The van der Waals surface area contributed by atoms with E-state index in [0.29, 0.717) is 5.92 Å². The van der Waals surface area contributed by atoms with Crippen molar-refractivity contribution in [2.75, 3.05) is 0 Å². The summed E-state index contributed by atoms with van der Waals surface area (Å²) in [6, 6.07) is 12.5. The molecular weight excluding hydrogens is 194 g/mol. The van der Waals surface area contributed by atoms with Crippen LogP contribution in [0.15, 0.2) is 42.6 Å². The summed E-state index contributed by atoms with van der Waals surface area (Å²) in [5, 5.41) is 0. The first-order chi connectivity index (χ1) is 7.70. The summed E-state index contributed by atoms with van der Waals surface area (Å²) in [4.78, 5) is 4.45. The van der Waals surface area contributed by atoms with Crippen molar-refractivity contribution < 1.29 is 0 Å². The largest absolute Gasteiger partial charge is 0.256 e. The summed E-state index contributed by atoms with van der Waals surface area (Å²) in [5.41, 5.74) is 5.03. The van der Waals surface area contributed by atoms with Gasteiger partial charge in [-0.15, -0.1) is 0 Å². The van der Waals surface area contributed by atoms with Crippen LogP contribution in [0.3, 0.4) is 0 Å². The fourth-order valence-corrected chi connectivity index (χ4v) is 2.03. The lowest BCUT2D eigenvalue weighted by Gasteiger charge is -2.14. The third-order valence-corrected chi connectivity index (χ3v) is 2.85. The Bertz CT molecular complexity index is 472. The Labute approximate surface area is 97.2 Å². The molecule has 0 aliphatic heterocycles. The van der Waals surface area contributed by atoms with Crippen molar-refractivity contribution in [3.63, 3.8) is 0 Å². The zero-order chi connectivity index (χ0) is 11.5. The van der Waals surface area contributed by atoms with Crippen molar-refractivity contribution in [3.05, 3.63) is 53.7 Å². The van der Waals surface area contributed by atoms with Crippen LogP contribution < -0.4 is 0 Å². The monoisotopic (exact) mass is 211 g/mol. The van der Waals surface area contributed by atoms with Crippen molar-refractivity contribution in [3.8, 4) is 11.3 Å². The van der Waals surface area contributed by atoms with E-state index in [9.17, 15) is 0 Å². The molecule has 0 aliphatic carbocycles. The summed E-state index contributed by atoms with van der Waals surface area (Å²) in [6.45, 7) is 6.60. The second-order valence-electron chi connectivity index (χ2n) is 4.41. The topological polar surface area (TPSA) is 12.9 Å². The van der Waals surface area contributed by atoms with E-state index in [2.05, 4.69) is 50.0 Å². The number of benzene rings is 1. The zero-order valence-corrected chi connectivity index (χ0v) is 10.1. The van der Waals surface area contributed by atoms with Gasteiger partial charge in [0.15, 0.2) is 0 Å². The quantitative estimate of drug-likeness (QED) is 0.726.